The normalized spacial score (nSPS) is 25.4. The fourth-order valence-corrected chi connectivity index (χ4v) is 2.20. The smallest absolute Gasteiger partial charge is 0.188 e. The van der Waals surface area contributed by atoms with E-state index in [1.54, 1.807) is 7.11 Å². The molecule has 0 aromatic rings. The lowest BCUT2D eigenvalue weighted by atomic mass is 9.87. The molecule has 0 spiro atoms. The van der Waals surface area contributed by atoms with Gasteiger partial charge in [0, 0.05) is 19.2 Å². The van der Waals surface area contributed by atoms with Crippen LogP contribution in [-0.2, 0) is 4.74 Å². The van der Waals surface area contributed by atoms with E-state index in [2.05, 4.69) is 31.1 Å². The number of nitrogens with two attached hydrogens (primary N) is 1. The number of hydrogen-bond donors (Lipinski definition) is 2. The zero-order valence-electron chi connectivity index (χ0n) is 12.0. The molecule has 1 aliphatic rings. The van der Waals surface area contributed by atoms with Gasteiger partial charge in [-0.2, -0.15) is 0 Å². The monoisotopic (exact) mass is 369 g/mol. The van der Waals surface area contributed by atoms with E-state index in [0.717, 1.165) is 19.4 Å². The molecule has 18 heavy (non-hydrogen) atoms. The summed E-state index contributed by atoms with van der Waals surface area (Å²) < 4.78 is 5.36. The molecule has 0 heterocycles. The van der Waals surface area contributed by atoms with Gasteiger partial charge in [-0.1, -0.05) is 0 Å². The lowest BCUT2D eigenvalue weighted by Gasteiger charge is -2.27. The Morgan fingerprint density at radius 1 is 1.28 bits per heavy atom. The molecular formula is C13H28IN3O. The maximum Gasteiger partial charge on any atom is 0.188 e. The van der Waals surface area contributed by atoms with Crippen LogP contribution in [-0.4, -0.2) is 31.3 Å². The predicted octanol–water partition coefficient (Wildman–Crippen LogP) is 2.51. The van der Waals surface area contributed by atoms with Gasteiger partial charge in [-0.05, 0) is 52.4 Å². The number of rotatable bonds is 3. The van der Waals surface area contributed by atoms with Crippen LogP contribution in [0.1, 0.15) is 46.5 Å². The molecule has 0 radical (unpaired) electrons. The van der Waals surface area contributed by atoms with E-state index in [1.165, 1.54) is 12.8 Å². The number of nitrogens with one attached hydrogen (secondary N) is 1. The van der Waals surface area contributed by atoms with Crippen LogP contribution in [0.2, 0.25) is 0 Å². The average molecular weight is 369 g/mol. The van der Waals surface area contributed by atoms with E-state index in [1.807, 2.05) is 0 Å². The second kappa shape index (κ2) is 8.19. The summed E-state index contributed by atoms with van der Waals surface area (Å²) in [7, 11) is 1.80. The highest BCUT2D eigenvalue weighted by Crippen LogP contribution is 2.25. The third-order valence-corrected chi connectivity index (χ3v) is 3.15. The van der Waals surface area contributed by atoms with Gasteiger partial charge in [0.1, 0.15) is 0 Å². The highest BCUT2D eigenvalue weighted by atomic mass is 127. The quantitative estimate of drug-likeness (QED) is 0.457. The van der Waals surface area contributed by atoms with Crippen molar-refractivity contribution >= 4 is 29.9 Å². The number of nitrogens with zero attached hydrogens (tertiary/aromatic N) is 1. The minimum Gasteiger partial charge on any atom is -0.381 e. The largest absolute Gasteiger partial charge is 0.381 e. The van der Waals surface area contributed by atoms with Crippen LogP contribution in [0.3, 0.4) is 0 Å². The fourth-order valence-electron chi connectivity index (χ4n) is 2.20. The SMILES string of the molecule is COC1CCC(CN=C(N)NC(C)(C)C)CC1.I. The van der Waals surface area contributed by atoms with Crippen molar-refractivity contribution in [3.05, 3.63) is 0 Å². The summed E-state index contributed by atoms with van der Waals surface area (Å²) >= 11 is 0. The predicted molar refractivity (Wildman–Crippen MR) is 87.5 cm³/mol. The summed E-state index contributed by atoms with van der Waals surface area (Å²) in [5.41, 5.74) is 5.83. The van der Waals surface area contributed by atoms with Crippen molar-refractivity contribution in [1.29, 1.82) is 0 Å². The van der Waals surface area contributed by atoms with E-state index in [-0.39, 0.29) is 29.5 Å². The minimum absolute atomic E-state index is 0. The van der Waals surface area contributed by atoms with Gasteiger partial charge in [0.25, 0.3) is 0 Å². The molecule has 1 saturated carbocycles. The Bertz CT molecular complexity index is 255. The molecule has 0 aliphatic heterocycles. The molecule has 1 rings (SSSR count). The second-order valence-electron chi connectivity index (χ2n) is 5.98. The maximum absolute atomic E-state index is 5.84. The minimum atomic E-state index is -0.0126. The van der Waals surface area contributed by atoms with Crippen molar-refractivity contribution in [1.82, 2.24) is 5.32 Å². The van der Waals surface area contributed by atoms with Crippen LogP contribution in [0.5, 0.6) is 0 Å². The number of ether oxygens (including phenoxy) is 1. The van der Waals surface area contributed by atoms with E-state index in [4.69, 9.17) is 10.5 Å². The Morgan fingerprint density at radius 2 is 1.83 bits per heavy atom. The molecule has 0 amide bonds. The van der Waals surface area contributed by atoms with Gasteiger partial charge in [0.15, 0.2) is 5.96 Å². The highest BCUT2D eigenvalue weighted by molar-refractivity contribution is 14.0. The Labute approximate surface area is 128 Å². The number of hydrogen-bond acceptors (Lipinski definition) is 2. The first-order valence-electron chi connectivity index (χ1n) is 6.51. The molecule has 0 atom stereocenters. The number of halogens is 1. The Morgan fingerprint density at radius 3 is 2.28 bits per heavy atom. The lowest BCUT2D eigenvalue weighted by molar-refractivity contribution is 0.0581. The molecule has 3 N–H and O–H groups in total. The Hall–Kier alpha value is -0.0400. The number of guanidine groups is 1. The molecule has 0 unspecified atom stereocenters. The van der Waals surface area contributed by atoms with Crippen molar-refractivity contribution in [2.24, 2.45) is 16.6 Å². The van der Waals surface area contributed by atoms with Gasteiger partial charge < -0.3 is 15.8 Å². The fraction of sp³-hybridized carbons (Fsp3) is 0.923. The van der Waals surface area contributed by atoms with Gasteiger partial charge in [0.2, 0.25) is 0 Å². The van der Waals surface area contributed by atoms with E-state index >= 15 is 0 Å². The van der Waals surface area contributed by atoms with Gasteiger partial charge in [-0.15, -0.1) is 24.0 Å². The highest BCUT2D eigenvalue weighted by Gasteiger charge is 2.20. The van der Waals surface area contributed by atoms with Gasteiger partial charge in [-0.25, -0.2) is 0 Å². The summed E-state index contributed by atoms with van der Waals surface area (Å²) in [5, 5.41) is 3.18. The van der Waals surface area contributed by atoms with Crippen molar-refractivity contribution in [3.63, 3.8) is 0 Å². The summed E-state index contributed by atoms with van der Waals surface area (Å²) in [5.74, 6) is 1.23. The third kappa shape index (κ3) is 7.41. The lowest BCUT2D eigenvalue weighted by Crippen LogP contribution is -2.45. The van der Waals surface area contributed by atoms with Crippen LogP contribution in [0, 0.1) is 5.92 Å². The second-order valence-corrected chi connectivity index (χ2v) is 5.98. The first kappa shape index (κ1) is 18.0. The van der Waals surface area contributed by atoms with E-state index in [9.17, 15) is 0 Å². The first-order chi connectivity index (χ1) is 7.90. The summed E-state index contributed by atoms with van der Waals surface area (Å²) in [4.78, 5) is 4.43. The molecule has 1 fully saturated rings. The van der Waals surface area contributed by atoms with E-state index < -0.39 is 0 Å². The van der Waals surface area contributed by atoms with Gasteiger partial charge in [0.05, 0.1) is 6.10 Å². The third-order valence-electron chi connectivity index (χ3n) is 3.15. The van der Waals surface area contributed by atoms with Gasteiger partial charge in [-0.3, -0.25) is 4.99 Å². The standard InChI is InChI=1S/C13H27N3O.HI/c1-13(2,3)16-12(14)15-9-10-5-7-11(17-4)8-6-10;/h10-11H,5-9H2,1-4H3,(H3,14,15,16);1H. The van der Waals surface area contributed by atoms with Crippen molar-refractivity contribution in [2.45, 2.75) is 58.1 Å². The zero-order valence-corrected chi connectivity index (χ0v) is 14.4. The van der Waals surface area contributed by atoms with Crippen molar-refractivity contribution < 1.29 is 4.74 Å². The number of aliphatic imine (C=N–C) groups is 1. The molecule has 108 valence electrons. The van der Waals surface area contributed by atoms with Crippen LogP contribution in [0.15, 0.2) is 4.99 Å². The van der Waals surface area contributed by atoms with Crippen molar-refractivity contribution in [2.75, 3.05) is 13.7 Å². The average Bonchev–Trinajstić information content (AvgIpc) is 2.25. The molecule has 0 bridgehead atoms. The molecule has 1 aliphatic carbocycles. The molecule has 5 heteroatoms. The Balaban J connectivity index is 0.00000289. The molecular weight excluding hydrogens is 341 g/mol. The summed E-state index contributed by atoms with van der Waals surface area (Å²) in [6.45, 7) is 7.09. The van der Waals surface area contributed by atoms with Crippen molar-refractivity contribution in [3.8, 4) is 0 Å². The van der Waals surface area contributed by atoms with Crippen LogP contribution >= 0.6 is 24.0 Å². The molecule has 0 saturated heterocycles. The summed E-state index contributed by atoms with van der Waals surface area (Å²) in [6, 6.07) is 0. The molecule has 0 aromatic carbocycles. The van der Waals surface area contributed by atoms with Crippen LogP contribution in [0.25, 0.3) is 0 Å². The number of methoxy groups -OCH3 is 1. The summed E-state index contributed by atoms with van der Waals surface area (Å²) in [6.07, 6.45) is 5.17. The van der Waals surface area contributed by atoms with E-state index in [0.29, 0.717) is 18.0 Å². The van der Waals surface area contributed by atoms with Crippen LogP contribution < -0.4 is 11.1 Å². The van der Waals surface area contributed by atoms with Gasteiger partial charge >= 0.3 is 0 Å². The molecule has 4 nitrogen and oxygen atoms in total. The topological polar surface area (TPSA) is 59.6 Å². The molecule has 0 aromatic heterocycles. The Kier molecular flexibility index (Phi) is 8.18. The first-order valence-corrected chi connectivity index (χ1v) is 6.51. The van der Waals surface area contributed by atoms with Crippen LogP contribution in [0.4, 0.5) is 0 Å². The zero-order chi connectivity index (χ0) is 12.9. The maximum atomic E-state index is 5.84.